The minimum atomic E-state index is 0.595. The molecule has 0 aromatic heterocycles. The summed E-state index contributed by atoms with van der Waals surface area (Å²) >= 11 is 7.93. The zero-order valence-corrected chi connectivity index (χ0v) is 14.0. The van der Waals surface area contributed by atoms with Crippen LogP contribution in [0.1, 0.15) is 25.0 Å². The van der Waals surface area contributed by atoms with Crippen LogP contribution in [0.2, 0.25) is 5.02 Å². The van der Waals surface area contributed by atoms with E-state index < -0.39 is 0 Å². The molecule has 0 bridgehead atoms. The predicted molar refractivity (Wildman–Crippen MR) is 94.8 cm³/mol. The van der Waals surface area contributed by atoms with E-state index in [-0.39, 0.29) is 0 Å². The Kier molecular flexibility index (Phi) is 5.71. The lowest BCUT2D eigenvalue weighted by Gasteiger charge is -2.05. The first-order valence-corrected chi connectivity index (χ1v) is 8.12. The Morgan fingerprint density at radius 3 is 2.48 bits per heavy atom. The maximum atomic E-state index is 6.07. The normalized spacial score (nSPS) is 11.3. The number of anilines is 1. The van der Waals surface area contributed by atoms with E-state index in [9.17, 15) is 0 Å². The molecule has 0 fully saturated rings. The summed E-state index contributed by atoms with van der Waals surface area (Å²) in [6, 6.07) is 14.2. The minimum Gasteiger partial charge on any atom is -0.278 e. The molecule has 1 N–H and O–H groups in total. The van der Waals surface area contributed by atoms with Gasteiger partial charge in [-0.05, 0) is 42.3 Å². The van der Waals surface area contributed by atoms with Gasteiger partial charge in [0.25, 0.3) is 0 Å². The zero-order valence-electron chi connectivity index (χ0n) is 12.4. The van der Waals surface area contributed by atoms with Crippen molar-refractivity contribution in [2.75, 3.05) is 5.43 Å². The van der Waals surface area contributed by atoms with Crippen molar-refractivity contribution >= 4 is 35.3 Å². The van der Waals surface area contributed by atoms with Crippen molar-refractivity contribution in [3.05, 3.63) is 58.6 Å². The van der Waals surface area contributed by atoms with Gasteiger partial charge in [-0.1, -0.05) is 43.6 Å². The van der Waals surface area contributed by atoms with Gasteiger partial charge in [-0.2, -0.15) is 5.10 Å². The number of halogens is 1. The van der Waals surface area contributed by atoms with Crippen LogP contribution in [-0.2, 0) is 0 Å². The molecule has 21 heavy (non-hydrogen) atoms. The standard InChI is InChI=1S/C17H19ClN2S/c1-12(2)21-16-8-5-14(6-9-16)11-19-20-15-7-4-13(3)17(18)10-15/h4-12,20H,1-3H3. The van der Waals surface area contributed by atoms with Crippen molar-refractivity contribution in [2.45, 2.75) is 30.9 Å². The van der Waals surface area contributed by atoms with Gasteiger partial charge in [0.1, 0.15) is 0 Å². The van der Waals surface area contributed by atoms with Crippen LogP contribution in [0.15, 0.2) is 52.5 Å². The van der Waals surface area contributed by atoms with E-state index in [0.717, 1.165) is 21.8 Å². The number of benzene rings is 2. The second-order valence-electron chi connectivity index (χ2n) is 5.07. The smallest absolute Gasteiger partial charge is 0.0576 e. The summed E-state index contributed by atoms with van der Waals surface area (Å²) in [7, 11) is 0. The van der Waals surface area contributed by atoms with Gasteiger partial charge < -0.3 is 0 Å². The predicted octanol–water partition coefficient (Wildman–Crippen LogP) is 5.59. The van der Waals surface area contributed by atoms with Crippen molar-refractivity contribution < 1.29 is 0 Å². The van der Waals surface area contributed by atoms with Crippen molar-refractivity contribution in [3.8, 4) is 0 Å². The van der Waals surface area contributed by atoms with Crippen LogP contribution < -0.4 is 5.43 Å². The van der Waals surface area contributed by atoms with E-state index >= 15 is 0 Å². The first-order valence-electron chi connectivity index (χ1n) is 6.86. The Morgan fingerprint density at radius 1 is 1.14 bits per heavy atom. The third-order valence-electron chi connectivity index (χ3n) is 2.83. The number of nitrogens with zero attached hydrogens (tertiary/aromatic N) is 1. The number of nitrogens with one attached hydrogen (secondary N) is 1. The molecular weight excluding hydrogens is 300 g/mol. The molecule has 0 heterocycles. The van der Waals surface area contributed by atoms with Crippen LogP contribution in [-0.4, -0.2) is 11.5 Å². The van der Waals surface area contributed by atoms with Crippen LogP contribution in [0.4, 0.5) is 5.69 Å². The topological polar surface area (TPSA) is 24.4 Å². The third-order valence-corrected chi connectivity index (χ3v) is 4.25. The Balaban J connectivity index is 1.96. The van der Waals surface area contributed by atoms with Crippen molar-refractivity contribution in [2.24, 2.45) is 5.10 Å². The molecule has 0 spiro atoms. The number of rotatable bonds is 5. The fourth-order valence-corrected chi connectivity index (χ4v) is 2.77. The molecule has 0 aliphatic rings. The van der Waals surface area contributed by atoms with Gasteiger partial charge in [0, 0.05) is 15.2 Å². The van der Waals surface area contributed by atoms with Gasteiger partial charge in [-0.3, -0.25) is 5.43 Å². The van der Waals surface area contributed by atoms with E-state index in [0.29, 0.717) is 5.25 Å². The van der Waals surface area contributed by atoms with Crippen LogP contribution in [0.3, 0.4) is 0 Å². The average Bonchev–Trinajstić information content (AvgIpc) is 2.44. The maximum absolute atomic E-state index is 6.07. The highest BCUT2D eigenvalue weighted by atomic mass is 35.5. The Hall–Kier alpha value is -1.45. The molecule has 2 rings (SSSR count). The molecule has 2 aromatic rings. The molecule has 2 nitrogen and oxygen atoms in total. The van der Waals surface area contributed by atoms with E-state index in [1.165, 1.54) is 4.90 Å². The summed E-state index contributed by atoms with van der Waals surface area (Å²) in [5.41, 5.74) is 5.99. The molecular formula is C17H19ClN2S. The Morgan fingerprint density at radius 2 is 1.86 bits per heavy atom. The van der Waals surface area contributed by atoms with Crippen LogP contribution in [0.25, 0.3) is 0 Å². The summed E-state index contributed by atoms with van der Waals surface area (Å²) in [6.07, 6.45) is 1.80. The molecule has 0 amide bonds. The number of hydrazone groups is 1. The fourth-order valence-electron chi connectivity index (χ4n) is 1.75. The van der Waals surface area contributed by atoms with Gasteiger partial charge in [0.05, 0.1) is 11.9 Å². The van der Waals surface area contributed by atoms with Gasteiger partial charge in [-0.25, -0.2) is 0 Å². The lowest BCUT2D eigenvalue weighted by molar-refractivity contribution is 1.11. The molecule has 0 saturated carbocycles. The highest BCUT2D eigenvalue weighted by molar-refractivity contribution is 7.99. The van der Waals surface area contributed by atoms with Crippen molar-refractivity contribution in [1.82, 2.24) is 0 Å². The number of hydrogen-bond donors (Lipinski definition) is 1. The van der Waals surface area contributed by atoms with E-state index in [1.807, 2.05) is 36.9 Å². The van der Waals surface area contributed by atoms with Gasteiger partial charge in [0.15, 0.2) is 0 Å². The summed E-state index contributed by atoms with van der Waals surface area (Å²) in [6.45, 7) is 6.36. The lowest BCUT2D eigenvalue weighted by atomic mass is 10.2. The van der Waals surface area contributed by atoms with Crippen LogP contribution in [0.5, 0.6) is 0 Å². The van der Waals surface area contributed by atoms with Crippen LogP contribution in [0, 0.1) is 6.92 Å². The largest absolute Gasteiger partial charge is 0.278 e. The van der Waals surface area contributed by atoms with Crippen molar-refractivity contribution in [1.29, 1.82) is 0 Å². The quantitative estimate of drug-likeness (QED) is 0.441. The highest BCUT2D eigenvalue weighted by Gasteiger charge is 1.98. The van der Waals surface area contributed by atoms with Gasteiger partial charge in [0.2, 0.25) is 0 Å². The fraction of sp³-hybridized carbons (Fsp3) is 0.235. The first-order chi connectivity index (χ1) is 10.0. The monoisotopic (exact) mass is 318 g/mol. The van der Waals surface area contributed by atoms with E-state index in [2.05, 4.69) is 48.6 Å². The van der Waals surface area contributed by atoms with Crippen molar-refractivity contribution in [3.63, 3.8) is 0 Å². The summed E-state index contributed by atoms with van der Waals surface area (Å²) in [4.78, 5) is 1.28. The average molecular weight is 319 g/mol. The molecule has 0 aliphatic carbocycles. The third kappa shape index (κ3) is 5.10. The van der Waals surface area contributed by atoms with Crippen LogP contribution >= 0.6 is 23.4 Å². The van der Waals surface area contributed by atoms with E-state index in [1.54, 1.807) is 6.21 Å². The minimum absolute atomic E-state index is 0.595. The second-order valence-corrected chi connectivity index (χ2v) is 7.13. The molecule has 0 saturated heterocycles. The summed E-state index contributed by atoms with van der Waals surface area (Å²) in [5, 5.41) is 5.57. The molecule has 110 valence electrons. The van der Waals surface area contributed by atoms with Gasteiger partial charge >= 0.3 is 0 Å². The first kappa shape index (κ1) is 15.9. The maximum Gasteiger partial charge on any atom is 0.0576 e. The van der Waals surface area contributed by atoms with E-state index in [4.69, 9.17) is 11.6 Å². The lowest BCUT2D eigenvalue weighted by Crippen LogP contribution is -1.91. The second kappa shape index (κ2) is 7.53. The molecule has 0 radical (unpaired) electrons. The Bertz CT molecular complexity index is 621. The zero-order chi connectivity index (χ0) is 15.2. The molecule has 0 atom stereocenters. The molecule has 4 heteroatoms. The number of thioether (sulfide) groups is 1. The Labute approximate surface area is 135 Å². The molecule has 0 unspecified atom stereocenters. The van der Waals surface area contributed by atoms with Gasteiger partial charge in [-0.15, -0.1) is 11.8 Å². The molecule has 0 aliphatic heterocycles. The summed E-state index contributed by atoms with van der Waals surface area (Å²) in [5.74, 6) is 0. The highest BCUT2D eigenvalue weighted by Crippen LogP contribution is 2.22. The molecule has 2 aromatic carbocycles. The number of aryl methyl sites for hydroxylation is 1. The number of hydrogen-bond acceptors (Lipinski definition) is 3. The SMILES string of the molecule is Cc1ccc(NN=Cc2ccc(SC(C)C)cc2)cc1Cl. The summed E-state index contributed by atoms with van der Waals surface area (Å²) < 4.78 is 0.